The van der Waals surface area contributed by atoms with Crippen molar-refractivity contribution in [2.75, 3.05) is 97.8 Å². The Morgan fingerprint density at radius 3 is 1.69 bits per heavy atom. The van der Waals surface area contributed by atoms with E-state index in [1.54, 1.807) is 38.0 Å². The van der Waals surface area contributed by atoms with Gasteiger partial charge in [-0.15, -0.1) is 0 Å². The van der Waals surface area contributed by atoms with Gasteiger partial charge >= 0.3 is 0 Å². The monoisotopic (exact) mass is 722 g/mol. The van der Waals surface area contributed by atoms with Gasteiger partial charge in [0.05, 0.1) is 24.2 Å². The van der Waals surface area contributed by atoms with Gasteiger partial charge in [0.25, 0.3) is 0 Å². The number of piperazine rings is 2. The third-order valence-electron chi connectivity index (χ3n) is 7.60. The van der Waals surface area contributed by atoms with E-state index in [1.807, 2.05) is 11.6 Å². The molecule has 45 heavy (non-hydrogen) atoms. The van der Waals surface area contributed by atoms with Crippen molar-refractivity contribution in [2.24, 2.45) is 14.1 Å². The zero-order valence-corrected chi connectivity index (χ0v) is 29.7. The lowest BCUT2D eigenvalue weighted by Crippen LogP contribution is -2.48. The number of methoxy groups -OCH3 is 2. The van der Waals surface area contributed by atoms with Crippen LogP contribution < -0.4 is 10.2 Å². The number of hydrogen-bond acceptors (Lipinski definition) is 10. The fourth-order valence-electron chi connectivity index (χ4n) is 5.03. The van der Waals surface area contributed by atoms with E-state index < -0.39 is 0 Å². The van der Waals surface area contributed by atoms with Crippen molar-refractivity contribution < 1.29 is 9.47 Å². The lowest BCUT2D eigenvalue weighted by Gasteiger charge is -2.35. The maximum atomic E-state index is 6.15. The molecule has 2 aliphatic heterocycles. The second kappa shape index (κ2) is 17.4. The number of aromatic nitrogens is 6. The molecule has 0 spiro atoms. The number of fused-ring (bicyclic) bond motifs is 2. The van der Waals surface area contributed by atoms with Gasteiger partial charge in [0.15, 0.2) is 10.3 Å². The minimum Gasteiger partial charge on any atom is -0.383 e. The Morgan fingerprint density at radius 1 is 0.667 bits per heavy atom. The number of rotatable bonds is 7. The molecule has 2 aliphatic rings. The van der Waals surface area contributed by atoms with Crippen molar-refractivity contribution in [3.05, 3.63) is 38.0 Å². The molecule has 6 heterocycles. The van der Waals surface area contributed by atoms with E-state index in [-0.39, 0.29) is 5.15 Å². The minimum atomic E-state index is 0.269. The molecule has 0 aliphatic carbocycles. The van der Waals surface area contributed by atoms with Crippen LogP contribution >= 0.6 is 58.0 Å². The topological polar surface area (TPSA) is 102 Å². The molecular weight excluding hydrogens is 686 g/mol. The number of anilines is 1. The van der Waals surface area contributed by atoms with Crippen LogP contribution in [0.25, 0.3) is 22.1 Å². The summed E-state index contributed by atoms with van der Waals surface area (Å²) in [6.07, 6.45) is 0. The molecule has 0 atom stereocenters. The molecule has 0 saturated carbocycles. The molecule has 0 aromatic carbocycles. The Hall–Kier alpha value is -1.71. The van der Waals surface area contributed by atoms with Crippen molar-refractivity contribution in [1.29, 1.82) is 0 Å². The molecule has 12 nitrogen and oxygen atoms in total. The first-order chi connectivity index (χ1) is 21.6. The summed E-state index contributed by atoms with van der Waals surface area (Å²) in [5.74, 6) is 0.910. The Morgan fingerprint density at radius 2 is 1.16 bits per heavy atom. The second-order valence-electron chi connectivity index (χ2n) is 10.5. The third-order valence-corrected chi connectivity index (χ3v) is 8.85. The predicted molar refractivity (Wildman–Crippen MR) is 184 cm³/mol. The number of nitrogens with zero attached hydrogens (tertiary/aromatic N) is 9. The standard InChI is InChI=1S/C14H19Cl2N5O.C7H4Cl3N3.C7H16N2O/c1-19-10-9-11(15)17-13(16)12(10)18-14(19)21-5-3-20(4-6-21)7-8-22-2;1-13-3-2-4(8)11-6(9)5(3)12-7(13)10;1-10-7-6-9-4-2-8-3-5-9/h9H,3-8H2,1-2H3;2H,1H3;8H,2-7H2,1H3. The van der Waals surface area contributed by atoms with Crippen LogP contribution in [0.5, 0.6) is 0 Å². The lowest BCUT2D eigenvalue weighted by atomic mass is 10.3. The van der Waals surface area contributed by atoms with E-state index in [4.69, 9.17) is 67.5 Å². The van der Waals surface area contributed by atoms with Crippen molar-refractivity contribution in [1.82, 2.24) is 44.2 Å². The molecule has 4 aromatic rings. The van der Waals surface area contributed by atoms with Gasteiger partial charge in [-0.3, -0.25) is 9.80 Å². The average Bonchev–Trinajstić information content (AvgIpc) is 3.52. The predicted octanol–water partition coefficient (Wildman–Crippen LogP) is 4.51. The number of pyridine rings is 2. The van der Waals surface area contributed by atoms with Crippen molar-refractivity contribution in [3.8, 4) is 0 Å². The number of ether oxygens (including phenoxy) is 2. The smallest absolute Gasteiger partial charge is 0.206 e. The number of aryl methyl sites for hydroxylation is 2. The summed E-state index contributed by atoms with van der Waals surface area (Å²) < 4.78 is 13.8. The van der Waals surface area contributed by atoms with E-state index in [9.17, 15) is 0 Å². The molecule has 2 saturated heterocycles. The molecule has 4 aromatic heterocycles. The average molecular weight is 725 g/mol. The van der Waals surface area contributed by atoms with Crippen LogP contribution in [0.4, 0.5) is 5.95 Å². The highest BCUT2D eigenvalue weighted by Crippen LogP contribution is 2.29. The van der Waals surface area contributed by atoms with Crippen LogP contribution in [0.3, 0.4) is 0 Å². The normalized spacial score (nSPS) is 16.1. The largest absolute Gasteiger partial charge is 0.383 e. The summed E-state index contributed by atoms with van der Waals surface area (Å²) in [6.45, 7) is 12.1. The molecule has 0 unspecified atom stereocenters. The molecule has 1 N–H and O–H groups in total. The molecule has 0 amide bonds. The molecular formula is C28H39Cl5N10O2. The first-order valence-electron chi connectivity index (χ1n) is 14.5. The zero-order chi connectivity index (χ0) is 32.5. The van der Waals surface area contributed by atoms with Crippen LogP contribution in [0.1, 0.15) is 0 Å². The maximum absolute atomic E-state index is 6.15. The van der Waals surface area contributed by atoms with Gasteiger partial charge in [-0.2, -0.15) is 0 Å². The number of imidazole rings is 2. The molecule has 248 valence electrons. The highest BCUT2D eigenvalue weighted by molar-refractivity contribution is 6.37. The minimum absolute atomic E-state index is 0.269. The van der Waals surface area contributed by atoms with E-state index in [2.05, 4.69) is 40.0 Å². The Kier molecular flexibility index (Phi) is 14.0. The van der Waals surface area contributed by atoms with Crippen molar-refractivity contribution in [2.45, 2.75) is 0 Å². The molecule has 6 rings (SSSR count). The van der Waals surface area contributed by atoms with Crippen LogP contribution in [0, 0.1) is 0 Å². The second-order valence-corrected chi connectivity index (χ2v) is 12.4. The maximum Gasteiger partial charge on any atom is 0.206 e. The quantitative estimate of drug-likeness (QED) is 0.274. The molecule has 17 heteroatoms. The fraction of sp³-hybridized carbons (Fsp3) is 0.571. The van der Waals surface area contributed by atoms with Crippen molar-refractivity contribution >= 4 is 86.0 Å². The van der Waals surface area contributed by atoms with Gasteiger partial charge in [-0.1, -0.05) is 46.4 Å². The van der Waals surface area contributed by atoms with E-state index in [1.165, 1.54) is 13.1 Å². The number of halogens is 5. The SMILES string of the molecule is COCCN1CCN(c2nc3c(Cl)nc(Cl)cc3n2C)CC1.COCCN1CCNCC1.Cn1c(Cl)nc2c(Cl)nc(Cl)cc21. The van der Waals surface area contributed by atoms with Crippen molar-refractivity contribution in [3.63, 3.8) is 0 Å². The summed E-state index contributed by atoms with van der Waals surface area (Å²) in [7, 11) is 7.25. The molecule has 0 radical (unpaired) electrons. The summed E-state index contributed by atoms with van der Waals surface area (Å²) in [5, 5.41) is 5.01. The van der Waals surface area contributed by atoms with Crippen LogP contribution in [0.2, 0.25) is 25.9 Å². The highest BCUT2D eigenvalue weighted by atomic mass is 35.5. The van der Waals surface area contributed by atoms with Crippen LogP contribution in [-0.2, 0) is 23.6 Å². The molecule has 0 bridgehead atoms. The summed E-state index contributed by atoms with van der Waals surface area (Å²) in [6, 6.07) is 3.47. The first kappa shape index (κ1) is 36.1. The van der Waals surface area contributed by atoms with E-state index in [0.717, 1.165) is 82.6 Å². The van der Waals surface area contributed by atoms with Gasteiger partial charge in [0, 0.05) is 106 Å². The number of nitrogens with one attached hydrogen (secondary N) is 1. The van der Waals surface area contributed by atoms with Gasteiger partial charge in [0.1, 0.15) is 21.3 Å². The fourth-order valence-corrected chi connectivity index (χ4v) is 6.13. The van der Waals surface area contributed by atoms with Gasteiger partial charge in [-0.25, -0.2) is 19.9 Å². The zero-order valence-electron chi connectivity index (χ0n) is 25.9. The number of hydrogen-bond donors (Lipinski definition) is 1. The van der Waals surface area contributed by atoms with Crippen LogP contribution in [0.15, 0.2) is 12.1 Å². The Labute approximate surface area is 288 Å². The van der Waals surface area contributed by atoms with Gasteiger partial charge < -0.3 is 28.8 Å². The van der Waals surface area contributed by atoms with E-state index >= 15 is 0 Å². The highest BCUT2D eigenvalue weighted by Gasteiger charge is 2.22. The third kappa shape index (κ3) is 9.66. The summed E-state index contributed by atoms with van der Waals surface area (Å²) in [5.41, 5.74) is 2.95. The van der Waals surface area contributed by atoms with E-state index in [0.29, 0.717) is 31.8 Å². The Balaban J connectivity index is 0.000000170. The van der Waals surface area contributed by atoms with Crippen LogP contribution in [-0.4, -0.2) is 132 Å². The Bertz CT molecular complexity index is 1540. The summed E-state index contributed by atoms with van der Waals surface area (Å²) in [4.78, 5) is 23.7. The molecule has 2 fully saturated rings. The summed E-state index contributed by atoms with van der Waals surface area (Å²) >= 11 is 29.5. The van der Waals surface area contributed by atoms with Gasteiger partial charge in [0.2, 0.25) is 11.2 Å². The lowest BCUT2D eigenvalue weighted by molar-refractivity contribution is 0.139. The first-order valence-corrected chi connectivity index (χ1v) is 16.4. The van der Waals surface area contributed by atoms with Gasteiger partial charge in [-0.05, 0) is 11.6 Å².